The molecule has 0 unspecified atom stereocenters. The molecule has 0 heterocycles. The summed E-state index contributed by atoms with van der Waals surface area (Å²) in [5.41, 5.74) is 1.80. The van der Waals surface area contributed by atoms with Gasteiger partial charge >= 0.3 is 0 Å². The van der Waals surface area contributed by atoms with Gasteiger partial charge in [-0.15, -0.1) is 0 Å². The lowest BCUT2D eigenvalue weighted by Crippen LogP contribution is -2.10. The Bertz CT molecular complexity index is 246. The maximum Gasteiger partial charge on any atom is -0.0358 e. The third-order valence-electron chi connectivity index (χ3n) is 2.21. The van der Waals surface area contributed by atoms with Crippen molar-refractivity contribution >= 4 is 0 Å². The van der Waals surface area contributed by atoms with Crippen molar-refractivity contribution in [2.45, 2.75) is 34.1 Å². The molecule has 14 heavy (non-hydrogen) atoms. The molecule has 0 spiro atoms. The van der Waals surface area contributed by atoms with E-state index in [-0.39, 0.29) is 0 Å². The van der Waals surface area contributed by atoms with Crippen LogP contribution in [0.1, 0.15) is 34.1 Å². The van der Waals surface area contributed by atoms with E-state index in [0.717, 1.165) is 6.42 Å². The lowest BCUT2D eigenvalue weighted by atomic mass is 9.81. The number of allylic oxidation sites excluding steroid dienone is 6. The Hall–Kier alpha value is -1.04. The van der Waals surface area contributed by atoms with Crippen molar-refractivity contribution in [2.75, 3.05) is 0 Å². The van der Waals surface area contributed by atoms with Gasteiger partial charge in [-0.25, -0.2) is 18.1 Å². The van der Waals surface area contributed by atoms with E-state index in [4.69, 9.17) is 0 Å². The maximum absolute atomic E-state index is 2.28. The van der Waals surface area contributed by atoms with Gasteiger partial charge < -0.3 is 0 Å². The molecule has 0 heteroatoms. The van der Waals surface area contributed by atoms with Crippen LogP contribution < -0.4 is 0 Å². The molecule has 0 aromatic rings. The zero-order chi connectivity index (χ0) is 10.6. The van der Waals surface area contributed by atoms with Gasteiger partial charge in [0.15, 0.2) is 0 Å². The van der Waals surface area contributed by atoms with Crippen LogP contribution in [0.4, 0.5) is 0 Å². The SMILES string of the molecule is CC=C(CC(C)(C)C)[C-]1C=C[CH-]C=C1. The smallest absolute Gasteiger partial charge is 0.0358 e. The second-order valence-corrected chi connectivity index (χ2v) is 4.92. The summed E-state index contributed by atoms with van der Waals surface area (Å²) < 4.78 is 0. The standard InChI is InChI=1S/C14H20/c1-5-12(11-14(2,3)4)13-9-7-6-8-10-13/h5-10H,11H2,1-4H3/q-2. The highest BCUT2D eigenvalue weighted by molar-refractivity contribution is 5.45. The maximum atomic E-state index is 2.28. The Kier molecular flexibility index (Phi) is 3.51. The molecule has 0 nitrogen and oxygen atoms in total. The highest BCUT2D eigenvalue weighted by Gasteiger charge is 2.11. The lowest BCUT2D eigenvalue weighted by Gasteiger charge is -2.34. The van der Waals surface area contributed by atoms with Crippen LogP contribution in [0.15, 0.2) is 36.0 Å². The van der Waals surface area contributed by atoms with Crippen LogP contribution in [0.5, 0.6) is 0 Å². The molecule has 0 bridgehead atoms. The third kappa shape index (κ3) is 3.37. The summed E-state index contributed by atoms with van der Waals surface area (Å²) in [5, 5.41) is 0. The Balaban J connectivity index is 2.68. The molecule has 0 N–H and O–H groups in total. The van der Waals surface area contributed by atoms with Gasteiger partial charge in [0.05, 0.1) is 0 Å². The summed E-state index contributed by atoms with van der Waals surface area (Å²) in [6.45, 7) is 8.95. The molecule has 0 aliphatic heterocycles. The van der Waals surface area contributed by atoms with Gasteiger partial charge in [-0.1, -0.05) is 27.7 Å². The molecule has 0 aromatic carbocycles. The van der Waals surface area contributed by atoms with Crippen molar-refractivity contribution in [3.8, 4) is 0 Å². The molecular formula is C14H20-2. The third-order valence-corrected chi connectivity index (χ3v) is 2.21. The summed E-state index contributed by atoms with van der Waals surface area (Å²) in [4.78, 5) is 0. The van der Waals surface area contributed by atoms with Gasteiger partial charge in [-0.2, -0.15) is 11.6 Å². The molecule has 1 aliphatic rings. The van der Waals surface area contributed by atoms with Crippen molar-refractivity contribution in [2.24, 2.45) is 5.41 Å². The van der Waals surface area contributed by atoms with Gasteiger partial charge in [-0.05, 0) is 11.8 Å². The minimum atomic E-state index is 0.359. The fourth-order valence-corrected chi connectivity index (χ4v) is 1.59. The van der Waals surface area contributed by atoms with Crippen molar-refractivity contribution in [1.82, 2.24) is 0 Å². The van der Waals surface area contributed by atoms with Crippen LogP contribution in [0.25, 0.3) is 0 Å². The fourth-order valence-electron chi connectivity index (χ4n) is 1.59. The van der Waals surface area contributed by atoms with Crippen LogP contribution in [0.2, 0.25) is 0 Å². The van der Waals surface area contributed by atoms with Crippen LogP contribution in [-0.2, 0) is 0 Å². The molecule has 0 atom stereocenters. The first-order valence-electron chi connectivity index (χ1n) is 5.23. The van der Waals surface area contributed by atoms with E-state index >= 15 is 0 Å². The average Bonchev–Trinajstić information content (AvgIpc) is 2.14. The van der Waals surface area contributed by atoms with E-state index in [1.54, 1.807) is 0 Å². The molecule has 1 aliphatic carbocycles. The van der Waals surface area contributed by atoms with Crippen molar-refractivity contribution in [1.29, 1.82) is 0 Å². The van der Waals surface area contributed by atoms with Gasteiger partial charge in [0.2, 0.25) is 0 Å². The highest BCUT2D eigenvalue weighted by Crippen LogP contribution is 2.31. The second kappa shape index (κ2) is 4.45. The summed E-state index contributed by atoms with van der Waals surface area (Å²) in [5.74, 6) is 1.35. The second-order valence-electron chi connectivity index (χ2n) is 4.92. The highest BCUT2D eigenvalue weighted by atomic mass is 14.2. The summed E-state index contributed by atoms with van der Waals surface area (Å²) in [6, 6.07) is 0. The Morgan fingerprint density at radius 3 is 2.29 bits per heavy atom. The number of rotatable bonds is 2. The van der Waals surface area contributed by atoms with E-state index < -0.39 is 0 Å². The van der Waals surface area contributed by atoms with Gasteiger partial charge in [-0.3, -0.25) is 18.6 Å². The van der Waals surface area contributed by atoms with Crippen molar-refractivity contribution in [3.05, 3.63) is 48.3 Å². The lowest BCUT2D eigenvalue weighted by molar-refractivity contribution is 0.410. The summed E-state index contributed by atoms with van der Waals surface area (Å²) in [6.07, 6.45) is 14.0. The quantitative estimate of drug-likeness (QED) is 0.568. The topological polar surface area (TPSA) is 0 Å². The number of hydrogen-bond acceptors (Lipinski definition) is 0. The Morgan fingerprint density at radius 1 is 1.29 bits per heavy atom. The van der Waals surface area contributed by atoms with Gasteiger partial charge in [0.1, 0.15) is 0 Å². The zero-order valence-corrected chi connectivity index (χ0v) is 9.67. The predicted molar refractivity (Wildman–Crippen MR) is 63.7 cm³/mol. The summed E-state index contributed by atoms with van der Waals surface area (Å²) >= 11 is 0. The fraction of sp³-hybridized carbons (Fsp3) is 0.429. The van der Waals surface area contributed by atoms with E-state index in [2.05, 4.69) is 64.5 Å². The first-order chi connectivity index (χ1) is 6.53. The normalized spacial score (nSPS) is 17.1. The van der Waals surface area contributed by atoms with Gasteiger partial charge in [0, 0.05) is 0 Å². The molecule has 0 amide bonds. The van der Waals surface area contributed by atoms with E-state index in [0.29, 0.717) is 5.41 Å². The first kappa shape index (κ1) is 11.0. The predicted octanol–water partition coefficient (Wildman–Crippen LogP) is 4.27. The molecule has 0 saturated heterocycles. The molecule has 0 radical (unpaired) electrons. The van der Waals surface area contributed by atoms with Crippen LogP contribution >= 0.6 is 0 Å². The molecule has 78 valence electrons. The van der Waals surface area contributed by atoms with Crippen molar-refractivity contribution < 1.29 is 0 Å². The first-order valence-corrected chi connectivity index (χ1v) is 5.23. The average molecular weight is 188 g/mol. The van der Waals surface area contributed by atoms with E-state index in [1.165, 1.54) is 11.5 Å². The van der Waals surface area contributed by atoms with E-state index in [9.17, 15) is 0 Å². The van der Waals surface area contributed by atoms with Crippen molar-refractivity contribution in [3.63, 3.8) is 0 Å². The monoisotopic (exact) mass is 188 g/mol. The molecule has 1 rings (SSSR count). The summed E-state index contributed by atoms with van der Waals surface area (Å²) in [7, 11) is 0. The largest absolute Gasteiger partial charge is 0.253 e. The van der Waals surface area contributed by atoms with Gasteiger partial charge in [0.25, 0.3) is 0 Å². The molecule has 0 saturated carbocycles. The van der Waals surface area contributed by atoms with E-state index in [1.807, 2.05) is 0 Å². The van der Waals surface area contributed by atoms with Crippen LogP contribution in [-0.4, -0.2) is 0 Å². The van der Waals surface area contributed by atoms with Crippen LogP contribution in [0.3, 0.4) is 0 Å². The zero-order valence-electron chi connectivity index (χ0n) is 9.67. The number of hydrogen-bond donors (Lipinski definition) is 0. The Labute approximate surface area is 88.4 Å². The minimum Gasteiger partial charge on any atom is -0.253 e. The molecular weight excluding hydrogens is 168 g/mol. The van der Waals surface area contributed by atoms with Crippen LogP contribution in [0, 0.1) is 17.8 Å². The minimum absolute atomic E-state index is 0.359. The molecule has 0 aromatic heterocycles. The molecule has 0 fully saturated rings. The Morgan fingerprint density at radius 2 is 1.86 bits per heavy atom.